The largest absolute Gasteiger partial charge is 0.463 e. The molecule has 16 atom stereocenters. The first-order valence-corrected chi connectivity index (χ1v) is 20.9. The number of hydrogen-bond acceptors (Lipinski definition) is 19. The van der Waals surface area contributed by atoms with Gasteiger partial charge in [-0.15, -0.1) is 0 Å². The van der Waals surface area contributed by atoms with Gasteiger partial charge < -0.3 is 66.7 Å². The van der Waals surface area contributed by atoms with Crippen LogP contribution in [0.25, 0.3) is 20.9 Å². The summed E-state index contributed by atoms with van der Waals surface area (Å²) < 4.78 is 70.4. The maximum atomic E-state index is 11.1. The second kappa shape index (κ2) is 21.5. The van der Waals surface area contributed by atoms with Gasteiger partial charge in [-0.25, -0.2) is 0 Å². The second-order valence-electron chi connectivity index (χ2n) is 16.9. The maximum absolute atomic E-state index is 11.1. The van der Waals surface area contributed by atoms with Crippen LogP contribution in [-0.4, -0.2) is 139 Å². The van der Waals surface area contributed by atoms with Gasteiger partial charge in [0.05, 0.1) is 24.4 Å². The highest BCUT2D eigenvalue weighted by Gasteiger charge is 2.56. The molecule has 0 amide bonds. The molecule has 62 heavy (non-hydrogen) atoms. The number of hydrogen-bond donors (Lipinski definition) is 1. The molecule has 7 rings (SSSR count). The van der Waals surface area contributed by atoms with E-state index in [1.54, 1.807) is 0 Å². The Bertz CT molecular complexity index is 1600. The fourth-order valence-corrected chi connectivity index (χ4v) is 8.00. The number of azide groups is 2. The lowest BCUT2D eigenvalue weighted by Gasteiger charge is -2.22. The average Bonchev–Trinajstić information content (AvgIpc) is 4.01. The van der Waals surface area contributed by atoms with Crippen LogP contribution in [0.5, 0.6) is 0 Å². The fraction of sp³-hybridized carbons (Fsp3) is 0.923. The number of fused-ring (bicyclic) bond motifs is 3. The summed E-state index contributed by atoms with van der Waals surface area (Å²) in [7, 11) is 0. The van der Waals surface area contributed by atoms with Crippen LogP contribution in [-0.2, 0) is 76.0 Å². The maximum Gasteiger partial charge on any atom is 0.305 e. The van der Waals surface area contributed by atoms with Crippen molar-refractivity contribution in [3.05, 3.63) is 20.9 Å². The number of carbonyl (C=O) groups is 3. The van der Waals surface area contributed by atoms with E-state index in [1.807, 2.05) is 55.4 Å². The van der Waals surface area contributed by atoms with Crippen LogP contribution in [0.2, 0.25) is 0 Å². The van der Waals surface area contributed by atoms with Crippen LogP contribution >= 0.6 is 0 Å². The monoisotopic (exact) mass is 888 g/mol. The quantitative estimate of drug-likeness (QED) is 0.105. The molecule has 23 heteroatoms. The molecular weight excluding hydrogens is 824 g/mol. The highest BCUT2D eigenvalue weighted by atomic mass is 16.9. The van der Waals surface area contributed by atoms with Crippen molar-refractivity contribution in [2.24, 2.45) is 16.1 Å². The van der Waals surface area contributed by atoms with Crippen LogP contribution in [0.3, 0.4) is 0 Å². The molecule has 7 fully saturated rings. The highest BCUT2D eigenvalue weighted by molar-refractivity contribution is 5.67. The lowest BCUT2D eigenvalue weighted by Crippen LogP contribution is -2.38. The first kappa shape index (κ1) is 51.2. The normalized spacial score (nSPS) is 39.6. The first-order chi connectivity index (χ1) is 29.0. The number of aliphatic hydroxyl groups is 1. The molecule has 0 aromatic heterocycles. The van der Waals surface area contributed by atoms with Gasteiger partial charge in [0.25, 0.3) is 0 Å². The molecule has 7 aliphatic rings. The lowest BCUT2D eigenvalue weighted by molar-refractivity contribution is -0.215. The van der Waals surface area contributed by atoms with Crippen LogP contribution in [0.4, 0.5) is 0 Å². The summed E-state index contributed by atoms with van der Waals surface area (Å²) >= 11 is 0. The van der Waals surface area contributed by atoms with E-state index in [2.05, 4.69) is 33.9 Å². The van der Waals surface area contributed by atoms with Gasteiger partial charge in [0.15, 0.2) is 42.3 Å². The fourth-order valence-electron chi connectivity index (χ4n) is 8.00. The number of rotatable bonds is 9. The van der Waals surface area contributed by atoms with Crippen molar-refractivity contribution in [3.63, 3.8) is 0 Å². The molecule has 1 unspecified atom stereocenters. The third kappa shape index (κ3) is 13.1. The summed E-state index contributed by atoms with van der Waals surface area (Å²) in [5.74, 6) is -3.19. The summed E-state index contributed by atoms with van der Waals surface area (Å²) in [5.41, 5.74) is 17.1. The molecule has 0 aromatic rings. The van der Waals surface area contributed by atoms with Crippen LogP contribution in [0.1, 0.15) is 109 Å². The molecule has 0 aromatic carbocycles. The zero-order chi connectivity index (χ0) is 46.3. The highest BCUT2D eigenvalue weighted by Crippen LogP contribution is 2.42. The lowest BCUT2D eigenvalue weighted by atomic mass is 9.99. The molecule has 0 aliphatic carbocycles. The van der Waals surface area contributed by atoms with E-state index in [-0.39, 0.29) is 49.5 Å². The minimum absolute atomic E-state index is 0.105. The number of esters is 3. The SMILES string of the molecule is CC(=O)OC[C@H]1OC(OC(C)=O)[C@H](OC(C)=O)[C@@H]1N=[N+]=[N-].CC[C@H]1O[C@@H]2OC(C)(C)O[C@@H]2[C@@H]1N=[N+]=[N-].CC[C@H]1O[C@@H]2OC(C)(C)O[C@@H]2[C@H]1C.CC[C@H]1O[C@@H]2OC(C)(C)O[C@@H]2[C@H]1O. The second-order valence-corrected chi connectivity index (χ2v) is 16.9. The van der Waals surface area contributed by atoms with Gasteiger partial charge in [0.2, 0.25) is 6.29 Å². The topological polar surface area (TPSA) is 289 Å². The van der Waals surface area contributed by atoms with E-state index in [9.17, 15) is 19.5 Å². The summed E-state index contributed by atoms with van der Waals surface area (Å²) in [6, 6.07) is -1.27. The van der Waals surface area contributed by atoms with E-state index in [0.29, 0.717) is 12.0 Å². The van der Waals surface area contributed by atoms with Gasteiger partial charge in [0.1, 0.15) is 43.2 Å². The molecule has 0 spiro atoms. The smallest absolute Gasteiger partial charge is 0.305 e. The molecule has 23 nitrogen and oxygen atoms in total. The molecule has 7 saturated heterocycles. The van der Waals surface area contributed by atoms with E-state index < -0.39 is 78.5 Å². The van der Waals surface area contributed by atoms with Crippen LogP contribution < -0.4 is 0 Å². The van der Waals surface area contributed by atoms with Crippen molar-refractivity contribution in [1.82, 2.24) is 0 Å². The zero-order valence-electron chi connectivity index (χ0n) is 37.7. The van der Waals surface area contributed by atoms with Gasteiger partial charge in [-0.3, -0.25) is 14.4 Å². The number of carbonyl (C=O) groups excluding carboxylic acids is 3. The molecule has 0 bridgehead atoms. The summed E-state index contributed by atoms with van der Waals surface area (Å²) in [5, 5.41) is 17.0. The molecular formula is C39H64N6O17. The summed E-state index contributed by atoms with van der Waals surface area (Å²) in [6.45, 7) is 22.7. The Kier molecular flexibility index (Phi) is 17.8. The van der Waals surface area contributed by atoms with Crippen molar-refractivity contribution >= 4 is 17.9 Å². The van der Waals surface area contributed by atoms with Crippen LogP contribution in [0.15, 0.2) is 10.2 Å². The van der Waals surface area contributed by atoms with Crippen molar-refractivity contribution in [3.8, 4) is 0 Å². The van der Waals surface area contributed by atoms with Crippen molar-refractivity contribution in [1.29, 1.82) is 0 Å². The Hall–Kier alpha value is -3.41. The van der Waals surface area contributed by atoms with Gasteiger partial charge in [-0.1, -0.05) is 37.9 Å². The molecule has 7 aliphatic heterocycles. The van der Waals surface area contributed by atoms with E-state index in [1.165, 1.54) is 6.92 Å². The van der Waals surface area contributed by atoms with Gasteiger partial charge >= 0.3 is 17.9 Å². The number of nitrogens with zero attached hydrogens (tertiary/aromatic N) is 6. The molecule has 1 N–H and O–H groups in total. The first-order valence-electron chi connectivity index (χ1n) is 20.9. The van der Waals surface area contributed by atoms with Gasteiger partial charge in [0, 0.05) is 36.5 Å². The Balaban J connectivity index is 0.000000185. The molecule has 0 saturated carbocycles. The Labute approximate surface area is 361 Å². The average molecular weight is 889 g/mol. The minimum Gasteiger partial charge on any atom is -0.463 e. The molecule has 7 heterocycles. The predicted molar refractivity (Wildman–Crippen MR) is 211 cm³/mol. The Morgan fingerprint density at radius 3 is 1.52 bits per heavy atom. The zero-order valence-corrected chi connectivity index (χ0v) is 37.7. The Morgan fingerprint density at radius 1 is 0.597 bits per heavy atom. The molecule has 0 radical (unpaired) electrons. The minimum atomic E-state index is -1.23. The van der Waals surface area contributed by atoms with E-state index >= 15 is 0 Å². The van der Waals surface area contributed by atoms with Gasteiger partial charge in [-0.05, 0) is 71.9 Å². The van der Waals surface area contributed by atoms with Crippen molar-refractivity contribution in [2.75, 3.05) is 6.61 Å². The predicted octanol–water partition coefficient (Wildman–Crippen LogP) is 4.94. The number of aliphatic hydroxyl groups excluding tert-OH is 1. The van der Waals surface area contributed by atoms with E-state index in [4.69, 9.17) is 72.6 Å². The third-order valence-electron chi connectivity index (χ3n) is 10.6. The Morgan fingerprint density at radius 2 is 1.05 bits per heavy atom. The third-order valence-corrected chi connectivity index (χ3v) is 10.6. The number of ether oxygens (including phenoxy) is 13. The standard InChI is InChI=1S/C11H15N3O7.C10H18O3.C9H15N3O3.C9H16O4/c1-5(15)18-4-8-9(13-14-12)10(19-6(2)16)11(21-8)20-7(3)17;1-5-7-6(2)8-9(11-7)13-10(3,4)12-8;1-4-5-6(11-12-10)7-8(13-5)15-9(2,3)14-7;1-4-5-6(10)7-8(11-5)13-9(2,3)12-7/h8-11H,4H2,1-3H3;6-9H,5H2,1-4H3;5-8H,4H2,1-3H3;5-8,10H,4H2,1-3H3/t8-,9-,10-,11?;6-,7+,8+,9+;5-,6-,7-,8-;5-,6+,7-,8-/m1011/s1. The van der Waals surface area contributed by atoms with Crippen molar-refractivity contribution in [2.45, 2.75) is 219 Å². The van der Waals surface area contributed by atoms with Crippen LogP contribution in [0, 0.1) is 5.92 Å². The van der Waals surface area contributed by atoms with Crippen molar-refractivity contribution < 1.29 is 81.1 Å². The van der Waals surface area contributed by atoms with Gasteiger partial charge in [-0.2, -0.15) is 0 Å². The van der Waals surface area contributed by atoms with E-state index in [0.717, 1.165) is 33.1 Å². The summed E-state index contributed by atoms with van der Waals surface area (Å²) in [6.07, 6.45) is -2.57. The summed E-state index contributed by atoms with van der Waals surface area (Å²) in [4.78, 5) is 38.5. The molecule has 352 valence electrons.